The highest BCUT2D eigenvalue weighted by Crippen LogP contribution is 2.63. The molecule has 0 aliphatic heterocycles. The smallest absolute Gasteiger partial charge is 0.143 e. The number of hydrogen-bond donors (Lipinski definition) is 0. The van der Waals surface area contributed by atoms with Crippen LogP contribution in [-0.2, 0) is 5.41 Å². The first kappa shape index (κ1) is 35.2. The highest BCUT2D eigenvalue weighted by molar-refractivity contribution is 6.10. The minimum atomic E-state index is -0.448. The van der Waals surface area contributed by atoms with E-state index in [1.54, 1.807) is 0 Å². The number of hydrogen-bond acceptors (Lipinski definition) is 2. The van der Waals surface area contributed by atoms with Gasteiger partial charge < -0.3 is 13.9 Å². The Balaban J connectivity index is 0.966. The molecule has 64 heavy (non-hydrogen) atoms. The number of para-hydroxylation sites is 4. The van der Waals surface area contributed by atoms with Crippen LogP contribution in [0.4, 0.5) is 17.1 Å². The van der Waals surface area contributed by atoms with Crippen molar-refractivity contribution in [1.29, 1.82) is 0 Å². The first-order chi connectivity index (χ1) is 31.8. The van der Waals surface area contributed by atoms with Gasteiger partial charge in [0, 0.05) is 49.9 Å². The SMILES string of the molecule is c1ccc2c(c1)-c1ccccc1C21c2ccccc2-c2ccc(N(c3ccc(-c4cccc5c4oc4ccccc45)cc3)c3ccc(-n4c5ccccc5c5ccccc54)cc3)cc21. The molecule has 2 aliphatic carbocycles. The summed E-state index contributed by atoms with van der Waals surface area (Å²) in [4.78, 5) is 2.42. The zero-order valence-corrected chi connectivity index (χ0v) is 34.7. The van der Waals surface area contributed by atoms with E-state index in [4.69, 9.17) is 4.42 Å². The average Bonchev–Trinajstić information content (AvgIpc) is 4.09. The molecule has 3 nitrogen and oxygen atoms in total. The van der Waals surface area contributed by atoms with Crippen LogP contribution in [0.2, 0.25) is 0 Å². The molecule has 2 heterocycles. The molecule has 14 rings (SSSR count). The zero-order valence-electron chi connectivity index (χ0n) is 34.7. The lowest BCUT2D eigenvalue weighted by Crippen LogP contribution is -2.26. The summed E-state index contributed by atoms with van der Waals surface area (Å²) < 4.78 is 8.89. The van der Waals surface area contributed by atoms with Gasteiger partial charge in [0.2, 0.25) is 0 Å². The second kappa shape index (κ2) is 13.3. The van der Waals surface area contributed by atoms with Gasteiger partial charge in [-0.3, -0.25) is 0 Å². The fourth-order valence-corrected chi connectivity index (χ4v) is 11.4. The lowest BCUT2D eigenvalue weighted by atomic mass is 9.70. The molecule has 0 saturated carbocycles. The number of furan rings is 1. The zero-order chi connectivity index (χ0) is 41.9. The van der Waals surface area contributed by atoms with Gasteiger partial charge >= 0.3 is 0 Å². The predicted octanol–water partition coefficient (Wildman–Crippen LogP) is 16.2. The van der Waals surface area contributed by atoms with E-state index < -0.39 is 5.41 Å². The topological polar surface area (TPSA) is 21.3 Å². The van der Waals surface area contributed by atoms with Crippen LogP contribution in [-0.4, -0.2) is 4.57 Å². The summed E-state index contributed by atoms with van der Waals surface area (Å²) in [6, 6.07) is 84.5. The van der Waals surface area contributed by atoms with Crippen LogP contribution in [0.3, 0.4) is 0 Å². The van der Waals surface area contributed by atoms with Crippen LogP contribution < -0.4 is 4.90 Å². The molecule has 2 aliphatic rings. The fourth-order valence-electron chi connectivity index (χ4n) is 11.4. The van der Waals surface area contributed by atoms with Gasteiger partial charge in [0.05, 0.1) is 16.4 Å². The summed E-state index contributed by atoms with van der Waals surface area (Å²) in [6.07, 6.45) is 0. The van der Waals surface area contributed by atoms with E-state index >= 15 is 0 Å². The Labute approximate surface area is 370 Å². The highest BCUT2D eigenvalue weighted by Gasteiger charge is 2.51. The maximum atomic E-state index is 6.50. The molecular formula is C61H38N2O. The lowest BCUT2D eigenvalue weighted by molar-refractivity contribution is 0.670. The molecule has 1 spiro atoms. The number of aromatic nitrogens is 1. The van der Waals surface area contributed by atoms with Crippen LogP contribution in [0.15, 0.2) is 235 Å². The summed E-state index contributed by atoms with van der Waals surface area (Å²) in [7, 11) is 0. The van der Waals surface area contributed by atoms with Crippen molar-refractivity contribution in [3.8, 4) is 39.1 Å². The number of rotatable bonds is 5. The van der Waals surface area contributed by atoms with Crippen LogP contribution in [0, 0.1) is 0 Å². The van der Waals surface area contributed by atoms with Gasteiger partial charge in [0.25, 0.3) is 0 Å². The summed E-state index contributed by atoms with van der Waals surface area (Å²) in [5.74, 6) is 0. The molecule has 0 saturated heterocycles. The van der Waals surface area contributed by atoms with Crippen molar-refractivity contribution in [3.05, 3.63) is 253 Å². The number of anilines is 3. The number of nitrogens with zero attached hydrogens (tertiary/aromatic N) is 2. The molecule has 2 aromatic heterocycles. The van der Waals surface area contributed by atoms with Gasteiger partial charge in [-0.1, -0.05) is 164 Å². The third kappa shape index (κ3) is 4.76. The standard InChI is InChI=1S/C61H38N2O/c1-7-22-53-45(14-1)46-15-2-8-23-54(46)61(53)55-24-9-3-16-47(55)48-37-36-43(38-56(48)61)62(40-30-28-39(29-31-40)44-20-13-21-52-51-19-6-12-27-59(51)64-60(44)52)41-32-34-42(35-33-41)63-57-25-10-4-17-49(57)50-18-5-11-26-58(50)63/h1-38H. The van der Waals surface area contributed by atoms with Gasteiger partial charge in [0.1, 0.15) is 11.2 Å². The van der Waals surface area contributed by atoms with E-state index in [1.165, 1.54) is 66.3 Å². The van der Waals surface area contributed by atoms with Crippen molar-refractivity contribution >= 4 is 60.8 Å². The molecule has 0 N–H and O–H groups in total. The number of fused-ring (bicyclic) bond motifs is 16. The minimum absolute atomic E-state index is 0.448. The fraction of sp³-hybridized carbons (Fsp3) is 0.0164. The summed E-state index contributed by atoms with van der Waals surface area (Å²) in [5, 5.41) is 4.77. The molecule has 0 amide bonds. The molecule has 298 valence electrons. The summed E-state index contributed by atoms with van der Waals surface area (Å²) in [6.45, 7) is 0. The van der Waals surface area contributed by atoms with Crippen molar-refractivity contribution in [2.45, 2.75) is 5.41 Å². The first-order valence-corrected chi connectivity index (χ1v) is 22.1. The van der Waals surface area contributed by atoms with Crippen molar-refractivity contribution in [1.82, 2.24) is 4.57 Å². The van der Waals surface area contributed by atoms with Gasteiger partial charge in [-0.25, -0.2) is 0 Å². The Morgan fingerprint density at radius 2 is 0.812 bits per heavy atom. The van der Waals surface area contributed by atoms with Crippen LogP contribution in [0.25, 0.3) is 82.8 Å². The lowest BCUT2D eigenvalue weighted by Gasteiger charge is -2.32. The van der Waals surface area contributed by atoms with Gasteiger partial charge in [-0.05, 0) is 117 Å². The third-order valence-corrected chi connectivity index (χ3v) is 14.0. The Morgan fingerprint density at radius 1 is 0.344 bits per heavy atom. The second-order valence-corrected chi connectivity index (χ2v) is 17.2. The quantitative estimate of drug-likeness (QED) is 0.173. The maximum absolute atomic E-state index is 6.50. The van der Waals surface area contributed by atoms with Crippen LogP contribution in [0.5, 0.6) is 0 Å². The molecule has 0 bridgehead atoms. The normalized spacial score (nSPS) is 13.1. The Morgan fingerprint density at radius 3 is 1.44 bits per heavy atom. The third-order valence-electron chi connectivity index (χ3n) is 14.0. The van der Waals surface area contributed by atoms with Gasteiger partial charge in [-0.15, -0.1) is 0 Å². The Bertz CT molecular complexity index is 3730. The van der Waals surface area contributed by atoms with Crippen molar-refractivity contribution < 1.29 is 4.42 Å². The van der Waals surface area contributed by atoms with E-state index in [0.717, 1.165) is 55.8 Å². The molecular weight excluding hydrogens is 777 g/mol. The Hall–Kier alpha value is -8.40. The molecule has 0 atom stereocenters. The van der Waals surface area contributed by atoms with Crippen molar-refractivity contribution in [2.75, 3.05) is 4.90 Å². The van der Waals surface area contributed by atoms with Gasteiger partial charge in [-0.2, -0.15) is 0 Å². The van der Waals surface area contributed by atoms with E-state index in [0.29, 0.717) is 0 Å². The number of benzene rings is 10. The van der Waals surface area contributed by atoms with E-state index in [2.05, 4.69) is 234 Å². The summed E-state index contributed by atoms with van der Waals surface area (Å²) in [5.41, 5.74) is 20.8. The minimum Gasteiger partial charge on any atom is -0.455 e. The van der Waals surface area contributed by atoms with Crippen molar-refractivity contribution in [3.63, 3.8) is 0 Å². The Kier molecular flexibility index (Phi) is 7.32. The average molecular weight is 815 g/mol. The summed E-state index contributed by atoms with van der Waals surface area (Å²) >= 11 is 0. The predicted molar refractivity (Wildman–Crippen MR) is 264 cm³/mol. The maximum Gasteiger partial charge on any atom is 0.143 e. The molecule has 10 aromatic carbocycles. The molecule has 0 unspecified atom stereocenters. The first-order valence-electron chi connectivity index (χ1n) is 22.1. The molecule has 0 fully saturated rings. The second-order valence-electron chi connectivity index (χ2n) is 17.2. The molecule has 3 heteroatoms. The van der Waals surface area contributed by atoms with Crippen LogP contribution >= 0.6 is 0 Å². The highest BCUT2D eigenvalue weighted by atomic mass is 16.3. The van der Waals surface area contributed by atoms with E-state index in [-0.39, 0.29) is 0 Å². The van der Waals surface area contributed by atoms with Crippen molar-refractivity contribution in [2.24, 2.45) is 0 Å². The van der Waals surface area contributed by atoms with Gasteiger partial charge in [0.15, 0.2) is 0 Å². The molecule has 12 aromatic rings. The van der Waals surface area contributed by atoms with Crippen LogP contribution in [0.1, 0.15) is 22.3 Å². The monoisotopic (exact) mass is 814 g/mol. The largest absolute Gasteiger partial charge is 0.455 e. The molecule has 0 radical (unpaired) electrons. The van der Waals surface area contributed by atoms with E-state index in [9.17, 15) is 0 Å². The van der Waals surface area contributed by atoms with E-state index in [1.807, 2.05) is 6.07 Å².